The molecule has 8 nitrogen and oxygen atoms in total. The summed E-state index contributed by atoms with van der Waals surface area (Å²) in [4.78, 5) is 3.12. The Morgan fingerprint density at radius 1 is 0.800 bits per heavy atom. The van der Waals surface area contributed by atoms with Crippen molar-refractivity contribution < 1.29 is 69.3 Å². The summed E-state index contributed by atoms with van der Waals surface area (Å²) >= 11 is 0. The average Bonchev–Trinajstić information content (AvgIpc) is 2.88. The maximum atomic E-state index is 12.0. The fraction of sp³-hybridized carbons (Fsp3) is 0.600. The number of halogens is 9. The van der Waals surface area contributed by atoms with Gasteiger partial charge in [0.25, 0.3) is 5.82 Å². The van der Waals surface area contributed by atoms with Crippen LogP contribution < -0.4 is 4.57 Å². The molecule has 1 aromatic heterocycles. The van der Waals surface area contributed by atoms with Gasteiger partial charge in [0.05, 0.1) is 11.0 Å². The minimum atomic E-state index is -8.02. The normalized spacial score (nSPS) is 14.4. The van der Waals surface area contributed by atoms with E-state index < -0.39 is 50.0 Å². The fourth-order valence-corrected chi connectivity index (χ4v) is 7.24. The maximum Gasteiger partial charge on any atom is 0.470 e. The molecular weight excluding hydrogens is 511 g/mol. The summed E-state index contributed by atoms with van der Waals surface area (Å²) in [6.45, 7) is 2.13. The molecule has 1 N–H and O–H groups in total. The Hall–Kier alpha value is -1.57. The summed E-state index contributed by atoms with van der Waals surface area (Å²) in [7, 11) is -22.0. The van der Waals surface area contributed by atoms with Crippen molar-refractivity contribution in [3.05, 3.63) is 22.1 Å². The monoisotopic (exact) mass is 522 g/mol. The molecule has 178 valence electrons. The molecule has 0 spiro atoms. The van der Waals surface area contributed by atoms with E-state index in [9.17, 15) is 64.8 Å². The van der Waals surface area contributed by atoms with Crippen molar-refractivity contribution in [1.82, 2.24) is 4.98 Å². The van der Waals surface area contributed by atoms with Crippen LogP contribution >= 0.6 is 0 Å². The van der Waals surface area contributed by atoms with Crippen LogP contribution in [-0.4, -0.2) is 46.8 Å². The first-order chi connectivity index (χ1) is 13.0. The molecule has 0 fully saturated rings. The lowest BCUT2D eigenvalue weighted by molar-refractivity contribution is -0.677. The lowest BCUT2D eigenvalue weighted by Gasteiger charge is -2.31. The first-order valence-corrected chi connectivity index (χ1v) is 11.2. The van der Waals surface area contributed by atoms with Crippen molar-refractivity contribution in [2.75, 3.05) is 0 Å². The molecule has 30 heavy (non-hydrogen) atoms. The molecule has 0 radical (unpaired) electrons. The van der Waals surface area contributed by atoms with Gasteiger partial charge in [0.1, 0.15) is 12.4 Å². The number of aryl methyl sites for hydroxylation is 2. The van der Waals surface area contributed by atoms with E-state index in [0.717, 1.165) is 6.42 Å². The molecule has 1 heterocycles. The van der Waals surface area contributed by atoms with Crippen molar-refractivity contribution in [3.8, 4) is 0 Å². The number of hydrogen-bond donors (Lipinski definition) is 1. The second kappa shape index (κ2) is 8.52. The summed E-state index contributed by atoms with van der Waals surface area (Å²) in [6, 6.07) is 0. The van der Waals surface area contributed by atoms with Crippen LogP contribution in [0, 0.1) is 3.91 Å². The first-order valence-electron chi connectivity index (χ1n) is 6.79. The van der Waals surface area contributed by atoms with Crippen LogP contribution in [0.25, 0.3) is 0 Å². The number of nitrogens with one attached hydrogen (secondary N) is 1. The van der Waals surface area contributed by atoms with E-state index >= 15 is 0 Å². The Labute approximate surface area is 163 Å². The predicted molar refractivity (Wildman–Crippen MR) is 79.5 cm³/mol. The van der Waals surface area contributed by atoms with Crippen LogP contribution in [0.3, 0.4) is 0 Å². The number of H-pyrrole nitrogens is 1. The number of aromatic nitrogens is 2. The number of nitrogens with zero attached hydrogens (tertiary/aromatic N) is 1. The summed E-state index contributed by atoms with van der Waals surface area (Å²) in [5.74, 6) is 1.27. The van der Waals surface area contributed by atoms with Gasteiger partial charge in [-0.05, 0) is 0 Å². The van der Waals surface area contributed by atoms with Crippen molar-refractivity contribution in [1.29, 1.82) is 0 Å². The van der Waals surface area contributed by atoms with Crippen LogP contribution in [0.15, 0.2) is 12.4 Å². The van der Waals surface area contributed by atoms with Crippen LogP contribution in [-0.2, 0) is 43.0 Å². The zero-order chi connectivity index (χ0) is 24.6. The van der Waals surface area contributed by atoms with Crippen molar-refractivity contribution in [2.24, 2.45) is 7.05 Å². The number of imidazole rings is 1. The first kappa shape index (κ1) is 28.4. The highest BCUT2D eigenvalue weighted by Gasteiger charge is 2.63. The van der Waals surface area contributed by atoms with Gasteiger partial charge in [0, 0.05) is 6.42 Å². The minimum absolute atomic E-state index is 1.07. The third-order valence-corrected chi connectivity index (χ3v) is 9.98. The van der Waals surface area contributed by atoms with Crippen molar-refractivity contribution >= 4 is 29.5 Å². The van der Waals surface area contributed by atoms with Gasteiger partial charge in [-0.15, -0.1) is 0 Å². The Morgan fingerprint density at radius 2 is 1.10 bits per heavy atom. The lowest BCUT2D eigenvalue weighted by Crippen LogP contribution is -2.47. The summed E-state index contributed by atoms with van der Waals surface area (Å²) in [6.07, 6.45) is 5.03. The Kier molecular flexibility index (Phi) is 8.07. The van der Waals surface area contributed by atoms with E-state index in [0.29, 0.717) is 0 Å². The van der Waals surface area contributed by atoms with Gasteiger partial charge in [-0.1, -0.05) is 6.92 Å². The molecule has 0 atom stereocenters. The smallest absolute Gasteiger partial charge is 0.251 e. The van der Waals surface area contributed by atoms with E-state index in [1.165, 1.54) is 5.82 Å². The Balaban J connectivity index is 0.000000867. The van der Waals surface area contributed by atoms with E-state index in [2.05, 4.69) is 16.5 Å². The van der Waals surface area contributed by atoms with Gasteiger partial charge < -0.3 is 0 Å². The van der Waals surface area contributed by atoms with Crippen LogP contribution in [0.2, 0.25) is 0 Å². The second-order valence-corrected chi connectivity index (χ2v) is 11.4. The summed E-state index contributed by atoms with van der Waals surface area (Å²) in [5, 5.41) is 0. The fourth-order valence-electron chi connectivity index (χ4n) is 1.51. The van der Waals surface area contributed by atoms with Gasteiger partial charge in [0.15, 0.2) is 29.5 Å². The van der Waals surface area contributed by atoms with Gasteiger partial charge in [-0.3, -0.25) is 25.3 Å². The topological polar surface area (TPSA) is 122 Å². The maximum absolute atomic E-state index is 12.0. The largest absolute Gasteiger partial charge is 0.470 e. The predicted octanol–water partition coefficient (Wildman–Crippen LogP) is 1.64. The van der Waals surface area contributed by atoms with Crippen LogP contribution in [0.1, 0.15) is 12.7 Å². The lowest BCUT2D eigenvalue weighted by atomic mass is 10.5. The number of sulfone groups is 3. The average molecular weight is 522 g/mol. The van der Waals surface area contributed by atoms with Crippen LogP contribution in [0.4, 0.5) is 39.5 Å². The molecular formula is C10H11F9N2O6S3. The van der Waals surface area contributed by atoms with Gasteiger partial charge in [-0.2, -0.15) is 39.5 Å². The molecule has 0 aromatic carbocycles. The van der Waals surface area contributed by atoms with E-state index in [-0.39, 0.29) is 0 Å². The molecule has 0 aliphatic carbocycles. The molecule has 0 saturated heterocycles. The zero-order valence-electron chi connectivity index (χ0n) is 14.4. The molecule has 20 heteroatoms. The third kappa shape index (κ3) is 5.56. The highest BCUT2D eigenvalue weighted by Crippen LogP contribution is 2.47. The molecule has 0 bridgehead atoms. The number of alkyl halides is 9. The Morgan fingerprint density at radius 3 is 1.23 bits per heavy atom. The molecule has 0 aliphatic heterocycles. The highest BCUT2D eigenvalue weighted by molar-refractivity contribution is 8.29. The van der Waals surface area contributed by atoms with Crippen molar-refractivity contribution in [2.45, 2.75) is 29.9 Å². The van der Waals surface area contributed by atoms with E-state index in [4.69, 9.17) is 0 Å². The number of hydrogen-bond acceptors (Lipinski definition) is 6. The molecule has 0 unspecified atom stereocenters. The summed E-state index contributed by atoms with van der Waals surface area (Å²) < 4.78 is 169. The number of rotatable bonds is 4. The van der Waals surface area contributed by atoms with E-state index in [1.54, 1.807) is 0 Å². The van der Waals surface area contributed by atoms with E-state index in [1.807, 2.05) is 19.4 Å². The van der Waals surface area contributed by atoms with Gasteiger partial charge in [-0.25, -0.2) is 9.55 Å². The second-order valence-electron chi connectivity index (χ2n) is 4.97. The quantitative estimate of drug-likeness (QED) is 0.365. The van der Waals surface area contributed by atoms with Gasteiger partial charge in [0.2, 0.25) is 0 Å². The molecule has 0 saturated carbocycles. The van der Waals surface area contributed by atoms with Crippen LogP contribution in [0.5, 0.6) is 0 Å². The SMILES string of the molecule is CCc1[nH]cc[n+]1C.O=S(=O)([C-](S(=O)(=O)C(F)(F)F)S(=O)(=O)C(F)(F)F)C(F)(F)F. The zero-order valence-corrected chi connectivity index (χ0v) is 16.8. The van der Waals surface area contributed by atoms with Crippen molar-refractivity contribution in [3.63, 3.8) is 0 Å². The minimum Gasteiger partial charge on any atom is -0.251 e. The molecule has 0 aliphatic rings. The molecule has 1 rings (SSSR count). The highest BCUT2D eigenvalue weighted by atomic mass is 32.3. The Bertz CT molecular complexity index is 945. The van der Waals surface area contributed by atoms with Gasteiger partial charge >= 0.3 is 16.5 Å². The molecule has 1 aromatic rings. The number of aromatic amines is 1. The standard InChI is InChI=1S/C6H10N2.C4F9O6S3/c1-3-6-7-4-5-8(6)2;5-2(6,7)20(14,15)1(21(16,17)3(8,9)10)22(18,19)4(11,12)13/h4-5H,3H2,1-2H3;/q;-1/p+1. The molecule has 0 amide bonds. The summed E-state index contributed by atoms with van der Waals surface area (Å²) in [5.41, 5.74) is -21.2. The third-order valence-electron chi connectivity index (χ3n) is 2.88.